The minimum atomic E-state index is -0.0743. The first-order valence-corrected chi connectivity index (χ1v) is 6.81. The third kappa shape index (κ3) is 3.74. The summed E-state index contributed by atoms with van der Waals surface area (Å²) in [5.74, 6) is 1.56. The zero-order chi connectivity index (χ0) is 12.2. The molecular formula is C14H29NO. The van der Waals surface area contributed by atoms with Crippen molar-refractivity contribution in [3.8, 4) is 0 Å². The quantitative estimate of drug-likeness (QED) is 0.781. The first-order chi connectivity index (χ1) is 7.50. The van der Waals surface area contributed by atoms with E-state index in [0.29, 0.717) is 12.0 Å². The van der Waals surface area contributed by atoms with Gasteiger partial charge in [0.05, 0.1) is 5.60 Å². The van der Waals surface area contributed by atoms with Gasteiger partial charge in [-0.1, -0.05) is 32.6 Å². The summed E-state index contributed by atoms with van der Waals surface area (Å²) in [6.07, 6.45) is 7.72. The standard InChI is InChI=1S/C14H29NO/c1-5-11-8-6-7-9-12(11)13(15)10-14(2,3)16-4/h11-13H,5-10,15H2,1-4H3. The van der Waals surface area contributed by atoms with Gasteiger partial charge in [-0.2, -0.15) is 0 Å². The van der Waals surface area contributed by atoms with Gasteiger partial charge in [0.1, 0.15) is 0 Å². The summed E-state index contributed by atoms with van der Waals surface area (Å²) in [7, 11) is 1.78. The summed E-state index contributed by atoms with van der Waals surface area (Å²) in [6, 6.07) is 0.306. The lowest BCUT2D eigenvalue weighted by molar-refractivity contribution is -0.000118. The van der Waals surface area contributed by atoms with Crippen molar-refractivity contribution in [3.63, 3.8) is 0 Å². The van der Waals surface area contributed by atoms with Gasteiger partial charge >= 0.3 is 0 Å². The summed E-state index contributed by atoms with van der Waals surface area (Å²) < 4.78 is 5.49. The molecule has 0 spiro atoms. The van der Waals surface area contributed by atoms with E-state index in [2.05, 4.69) is 20.8 Å². The van der Waals surface area contributed by atoms with Crippen LogP contribution in [-0.4, -0.2) is 18.8 Å². The normalized spacial score (nSPS) is 29.1. The first-order valence-electron chi connectivity index (χ1n) is 6.81. The van der Waals surface area contributed by atoms with Crippen LogP contribution in [0.1, 0.15) is 59.3 Å². The zero-order valence-corrected chi connectivity index (χ0v) is 11.5. The first kappa shape index (κ1) is 14.0. The van der Waals surface area contributed by atoms with Crippen LogP contribution in [0.4, 0.5) is 0 Å². The molecule has 0 bridgehead atoms. The second kappa shape index (κ2) is 6.02. The minimum absolute atomic E-state index is 0.0743. The molecule has 0 aromatic carbocycles. The maximum atomic E-state index is 6.40. The molecule has 0 radical (unpaired) electrons. The van der Waals surface area contributed by atoms with Gasteiger partial charge in [-0.15, -0.1) is 0 Å². The van der Waals surface area contributed by atoms with Crippen LogP contribution in [-0.2, 0) is 4.74 Å². The molecule has 0 heterocycles. The molecule has 2 heteroatoms. The molecule has 96 valence electrons. The Kier molecular flexibility index (Phi) is 5.26. The fourth-order valence-corrected chi connectivity index (χ4v) is 3.11. The molecule has 1 rings (SSSR count). The Labute approximate surface area is 101 Å². The fourth-order valence-electron chi connectivity index (χ4n) is 3.11. The van der Waals surface area contributed by atoms with Crippen molar-refractivity contribution in [1.82, 2.24) is 0 Å². The van der Waals surface area contributed by atoms with Gasteiger partial charge in [-0.05, 0) is 38.5 Å². The highest BCUT2D eigenvalue weighted by molar-refractivity contribution is 4.86. The molecule has 0 amide bonds. The Morgan fingerprint density at radius 2 is 1.94 bits per heavy atom. The molecule has 0 aromatic heterocycles. The lowest BCUT2D eigenvalue weighted by Gasteiger charge is -2.38. The number of ether oxygens (including phenoxy) is 1. The van der Waals surface area contributed by atoms with E-state index in [4.69, 9.17) is 10.5 Å². The van der Waals surface area contributed by atoms with E-state index >= 15 is 0 Å². The third-order valence-electron chi connectivity index (χ3n) is 4.32. The van der Waals surface area contributed by atoms with Crippen molar-refractivity contribution in [2.24, 2.45) is 17.6 Å². The summed E-state index contributed by atoms with van der Waals surface area (Å²) in [5.41, 5.74) is 6.32. The molecule has 16 heavy (non-hydrogen) atoms. The maximum Gasteiger partial charge on any atom is 0.0637 e. The summed E-state index contributed by atoms with van der Waals surface area (Å²) in [5, 5.41) is 0. The molecule has 3 unspecified atom stereocenters. The van der Waals surface area contributed by atoms with Crippen molar-refractivity contribution >= 4 is 0 Å². The highest BCUT2D eigenvalue weighted by Gasteiger charge is 2.32. The lowest BCUT2D eigenvalue weighted by atomic mass is 9.72. The Morgan fingerprint density at radius 3 is 2.50 bits per heavy atom. The smallest absolute Gasteiger partial charge is 0.0637 e. The van der Waals surface area contributed by atoms with Crippen molar-refractivity contribution in [1.29, 1.82) is 0 Å². The highest BCUT2D eigenvalue weighted by Crippen LogP contribution is 2.36. The number of rotatable bonds is 5. The van der Waals surface area contributed by atoms with Crippen molar-refractivity contribution in [2.75, 3.05) is 7.11 Å². The molecule has 1 saturated carbocycles. The Bertz CT molecular complexity index is 203. The van der Waals surface area contributed by atoms with Gasteiger partial charge in [0.15, 0.2) is 0 Å². The zero-order valence-electron chi connectivity index (χ0n) is 11.5. The number of hydrogen-bond acceptors (Lipinski definition) is 2. The Morgan fingerprint density at radius 1 is 1.31 bits per heavy atom. The van der Waals surface area contributed by atoms with Gasteiger partial charge in [0.2, 0.25) is 0 Å². The molecule has 1 aliphatic rings. The third-order valence-corrected chi connectivity index (χ3v) is 4.32. The van der Waals surface area contributed by atoms with Crippen LogP contribution in [0.5, 0.6) is 0 Å². The van der Waals surface area contributed by atoms with Crippen LogP contribution >= 0.6 is 0 Å². The summed E-state index contributed by atoms with van der Waals surface area (Å²) in [6.45, 7) is 6.57. The van der Waals surface area contributed by atoms with E-state index in [1.54, 1.807) is 7.11 Å². The minimum Gasteiger partial charge on any atom is -0.379 e. The molecule has 2 N–H and O–H groups in total. The lowest BCUT2D eigenvalue weighted by Crippen LogP contribution is -2.42. The second-order valence-corrected chi connectivity index (χ2v) is 5.95. The SMILES string of the molecule is CCC1CCCCC1C(N)CC(C)(C)OC. The highest BCUT2D eigenvalue weighted by atomic mass is 16.5. The summed E-state index contributed by atoms with van der Waals surface area (Å²) >= 11 is 0. The van der Waals surface area contributed by atoms with Gasteiger partial charge < -0.3 is 10.5 Å². The van der Waals surface area contributed by atoms with Crippen LogP contribution in [0.2, 0.25) is 0 Å². The molecule has 3 atom stereocenters. The predicted molar refractivity (Wildman–Crippen MR) is 69.4 cm³/mol. The molecule has 2 nitrogen and oxygen atoms in total. The topological polar surface area (TPSA) is 35.2 Å². The predicted octanol–water partition coefficient (Wildman–Crippen LogP) is 3.35. The average molecular weight is 227 g/mol. The average Bonchev–Trinajstić information content (AvgIpc) is 2.28. The van der Waals surface area contributed by atoms with Gasteiger partial charge in [-0.25, -0.2) is 0 Å². The van der Waals surface area contributed by atoms with E-state index in [-0.39, 0.29) is 5.60 Å². The monoisotopic (exact) mass is 227 g/mol. The summed E-state index contributed by atoms with van der Waals surface area (Å²) in [4.78, 5) is 0. The van der Waals surface area contributed by atoms with Crippen LogP contribution in [0.15, 0.2) is 0 Å². The van der Waals surface area contributed by atoms with E-state index in [1.165, 1.54) is 32.1 Å². The molecule has 1 aliphatic carbocycles. The molecule has 0 aliphatic heterocycles. The van der Waals surface area contributed by atoms with E-state index in [0.717, 1.165) is 12.3 Å². The molecular weight excluding hydrogens is 198 g/mol. The molecule has 0 saturated heterocycles. The maximum absolute atomic E-state index is 6.40. The fraction of sp³-hybridized carbons (Fsp3) is 1.00. The molecule has 0 aromatic rings. The van der Waals surface area contributed by atoms with E-state index < -0.39 is 0 Å². The molecule has 1 fully saturated rings. The van der Waals surface area contributed by atoms with Crippen LogP contribution < -0.4 is 5.73 Å². The number of nitrogens with two attached hydrogens (primary N) is 1. The largest absolute Gasteiger partial charge is 0.379 e. The van der Waals surface area contributed by atoms with Gasteiger partial charge in [0.25, 0.3) is 0 Å². The second-order valence-electron chi connectivity index (χ2n) is 5.95. The van der Waals surface area contributed by atoms with Crippen LogP contribution in [0.3, 0.4) is 0 Å². The Balaban J connectivity index is 2.53. The van der Waals surface area contributed by atoms with Crippen molar-refractivity contribution in [3.05, 3.63) is 0 Å². The van der Waals surface area contributed by atoms with Gasteiger partial charge in [0, 0.05) is 13.2 Å². The number of hydrogen-bond donors (Lipinski definition) is 1. The van der Waals surface area contributed by atoms with Crippen LogP contribution in [0, 0.1) is 11.8 Å². The Hall–Kier alpha value is -0.0800. The van der Waals surface area contributed by atoms with Gasteiger partial charge in [-0.3, -0.25) is 0 Å². The van der Waals surface area contributed by atoms with Crippen molar-refractivity contribution < 1.29 is 4.74 Å². The van der Waals surface area contributed by atoms with E-state index in [1.807, 2.05) is 0 Å². The van der Waals surface area contributed by atoms with E-state index in [9.17, 15) is 0 Å². The van der Waals surface area contributed by atoms with Crippen molar-refractivity contribution in [2.45, 2.75) is 70.9 Å². The van der Waals surface area contributed by atoms with Crippen LogP contribution in [0.25, 0.3) is 0 Å². The number of methoxy groups -OCH3 is 1.